The summed E-state index contributed by atoms with van der Waals surface area (Å²) in [5.74, 6) is 1.76. The molecule has 0 amide bonds. The summed E-state index contributed by atoms with van der Waals surface area (Å²) in [5, 5.41) is 0. The number of benzene rings is 2. The molecule has 3 aromatic rings. The van der Waals surface area contributed by atoms with Crippen LogP contribution in [0.2, 0.25) is 0 Å². The van der Waals surface area contributed by atoms with Crippen LogP contribution in [0.3, 0.4) is 0 Å². The van der Waals surface area contributed by atoms with Crippen molar-refractivity contribution < 1.29 is 0 Å². The average molecular weight is 330 g/mol. The highest BCUT2D eigenvalue weighted by molar-refractivity contribution is 5.82. The number of hydrogen-bond acceptors (Lipinski definition) is 4. The van der Waals surface area contributed by atoms with Gasteiger partial charge in [-0.15, -0.1) is 0 Å². The van der Waals surface area contributed by atoms with Crippen LogP contribution in [0, 0.1) is 13.8 Å². The van der Waals surface area contributed by atoms with E-state index in [1.807, 2.05) is 18.3 Å². The minimum atomic E-state index is 0.192. The first kappa shape index (κ1) is 15.6. The molecule has 0 aliphatic carbocycles. The van der Waals surface area contributed by atoms with Crippen LogP contribution >= 0.6 is 0 Å². The number of nitrogens with zero attached hydrogens (tertiary/aromatic N) is 4. The molecular formula is C21H22N4. The molecule has 126 valence electrons. The fourth-order valence-corrected chi connectivity index (χ4v) is 3.47. The molecule has 0 fully saturated rings. The highest BCUT2D eigenvalue weighted by atomic mass is 15.4. The number of para-hydroxylation sites is 1. The van der Waals surface area contributed by atoms with Gasteiger partial charge in [-0.3, -0.25) is 0 Å². The second-order valence-corrected chi connectivity index (χ2v) is 6.62. The summed E-state index contributed by atoms with van der Waals surface area (Å²) >= 11 is 0. The van der Waals surface area contributed by atoms with Gasteiger partial charge in [-0.05, 0) is 38.0 Å². The Morgan fingerprint density at radius 1 is 0.880 bits per heavy atom. The first-order valence-corrected chi connectivity index (χ1v) is 8.58. The van der Waals surface area contributed by atoms with E-state index in [1.54, 1.807) is 0 Å². The standard InChI is InChI=1S/C21H22N4/c1-14-9-5-7-11-17(14)20-22-13-19-21(23-20)24(4)16(3)25(19)18-12-8-6-10-15(18)2/h5-13,16H,1-4H3. The molecule has 0 bridgehead atoms. The van der Waals surface area contributed by atoms with Gasteiger partial charge in [0.05, 0.1) is 6.20 Å². The summed E-state index contributed by atoms with van der Waals surface area (Å²) in [4.78, 5) is 14.1. The van der Waals surface area contributed by atoms with Crippen LogP contribution < -0.4 is 9.80 Å². The third-order valence-electron chi connectivity index (χ3n) is 5.04. The Morgan fingerprint density at radius 3 is 2.28 bits per heavy atom. The summed E-state index contributed by atoms with van der Waals surface area (Å²) in [5.41, 5.74) is 5.78. The van der Waals surface area contributed by atoms with E-state index >= 15 is 0 Å². The average Bonchev–Trinajstić information content (AvgIpc) is 2.87. The lowest BCUT2D eigenvalue weighted by molar-refractivity contribution is 0.728. The number of aryl methyl sites for hydroxylation is 2. The Morgan fingerprint density at radius 2 is 1.56 bits per heavy atom. The number of anilines is 3. The van der Waals surface area contributed by atoms with Gasteiger partial charge in [0.25, 0.3) is 0 Å². The highest BCUT2D eigenvalue weighted by Gasteiger charge is 2.34. The van der Waals surface area contributed by atoms with Crippen molar-refractivity contribution in [1.82, 2.24) is 9.97 Å². The number of hydrogen-bond donors (Lipinski definition) is 0. The van der Waals surface area contributed by atoms with E-state index in [-0.39, 0.29) is 6.17 Å². The van der Waals surface area contributed by atoms with Crippen molar-refractivity contribution in [2.45, 2.75) is 26.9 Å². The summed E-state index contributed by atoms with van der Waals surface area (Å²) in [6.45, 7) is 6.43. The van der Waals surface area contributed by atoms with E-state index in [4.69, 9.17) is 4.98 Å². The van der Waals surface area contributed by atoms with Gasteiger partial charge < -0.3 is 9.80 Å². The minimum Gasteiger partial charge on any atom is -0.337 e. The number of fused-ring (bicyclic) bond motifs is 1. The zero-order valence-electron chi connectivity index (χ0n) is 15.1. The molecule has 0 saturated carbocycles. The van der Waals surface area contributed by atoms with Crippen LogP contribution in [-0.2, 0) is 0 Å². The van der Waals surface area contributed by atoms with Crippen molar-refractivity contribution in [3.05, 3.63) is 65.9 Å². The van der Waals surface area contributed by atoms with Crippen molar-refractivity contribution in [3.8, 4) is 11.4 Å². The van der Waals surface area contributed by atoms with E-state index in [9.17, 15) is 0 Å². The molecule has 0 radical (unpaired) electrons. The van der Waals surface area contributed by atoms with Gasteiger partial charge in [-0.1, -0.05) is 42.5 Å². The molecule has 1 aliphatic rings. The molecule has 4 heteroatoms. The van der Waals surface area contributed by atoms with Crippen molar-refractivity contribution in [1.29, 1.82) is 0 Å². The first-order valence-electron chi connectivity index (χ1n) is 8.58. The van der Waals surface area contributed by atoms with E-state index in [2.05, 4.69) is 79.0 Å². The lowest BCUT2D eigenvalue weighted by atomic mass is 10.1. The van der Waals surface area contributed by atoms with E-state index < -0.39 is 0 Å². The van der Waals surface area contributed by atoms with Crippen molar-refractivity contribution in [2.75, 3.05) is 16.8 Å². The fourth-order valence-electron chi connectivity index (χ4n) is 3.47. The summed E-state index contributed by atoms with van der Waals surface area (Å²) in [6, 6.07) is 16.7. The highest BCUT2D eigenvalue weighted by Crippen LogP contribution is 2.43. The molecule has 2 aromatic carbocycles. The van der Waals surface area contributed by atoms with Crippen LogP contribution in [0.5, 0.6) is 0 Å². The van der Waals surface area contributed by atoms with Gasteiger partial charge in [0.2, 0.25) is 0 Å². The normalized spacial score (nSPS) is 16.2. The van der Waals surface area contributed by atoms with Gasteiger partial charge in [-0.2, -0.15) is 0 Å². The maximum Gasteiger partial charge on any atom is 0.161 e. The number of rotatable bonds is 2. The lowest BCUT2D eigenvalue weighted by Crippen LogP contribution is -2.36. The molecule has 0 saturated heterocycles. The van der Waals surface area contributed by atoms with E-state index in [0.717, 1.165) is 22.9 Å². The van der Waals surface area contributed by atoms with Crippen LogP contribution in [0.1, 0.15) is 18.1 Å². The van der Waals surface area contributed by atoms with Crippen LogP contribution in [-0.4, -0.2) is 23.2 Å². The molecular weight excluding hydrogens is 308 g/mol. The summed E-state index contributed by atoms with van der Waals surface area (Å²) < 4.78 is 0. The van der Waals surface area contributed by atoms with Crippen molar-refractivity contribution in [3.63, 3.8) is 0 Å². The predicted molar refractivity (Wildman–Crippen MR) is 103 cm³/mol. The third-order valence-corrected chi connectivity index (χ3v) is 5.04. The second-order valence-electron chi connectivity index (χ2n) is 6.62. The lowest BCUT2D eigenvalue weighted by Gasteiger charge is -2.28. The monoisotopic (exact) mass is 330 g/mol. The van der Waals surface area contributed by atoms with Gasteiger partial charge in [0, 0.05) is 18.3 Å². The van der Waals surface area contributed by atoms with Crippen molar-refractivity contribution >= 4 is 17.2 Å². The maximum atomic E-state index is 4.89. The smallest absolute Gasteiger partial charge is 0.161 e. The molecule has 0 N–H and O–H groups in total. The quantitative estimate of drug-likeness (QED) is 0.682. The third kappa shape index (κ3) is 2.45. The second kappa shape index (κ2) is 5.88. The molecule has 4 nitrogen and oxygen atoms in total. The van der Waals surface area contributed by atoms with Crippen LogP contribution in [0.25, 0.3) is 11.4 Å². The predicted octanol–water partition coefficient (Wildman–Crippen LogP) is 4.69. The molecule has 0 spiro atoms. The Balaban J connectivity index is 1.84. The molecule has 2 heterocycles. The minimum absolute atomic E-state index is 0.192. The fraction of sp³-hybridized carbons (Fsp3) is 0.238. The molecule has 1 unspecified atom stereocenters. The van der Waals surface area contributed by atoms with Gasteiger partial charge in [0.1, 0.15) is 11.9 Å². The van der Waals surface area contributed by atoms with E-state index in [0.29, 0.717) is 0 Å². The Bertz CT molecular complexity index is 935. The topological polar surface area (TPSA) is 32.3 Å². The zero-order chi connectivity index (χ0) is 17.6. The van der Waals surface area contributed by atoms with Crippen LogP contribution in [0.4, 0.5) is 17.2 Å². The molecule has 1 atom stereocenters. The zero-order valence-corrected chi connectivity index (χ0v) is 15.1. The maximum absolute atomic E-state index is 4.89. The molecule has 25 heavy (non-hydrogen) atoms. The molecule has 4 rings (SSSR count). The summed E-state index contributed by atoms with van der Waals surface area (Å²) in [7, 11) is 2.09. The summed E-state index contributed by atoms with van der Waals surface area (Å²) in [6.07, 6.45) is 2.15. The largest absolute Gasteiger partial charge is 0.337 e. The molecule has 1 aliphatic heterocycles. The Hall–Kier alpha value is -2.88. The van der Waals surface area contributed by atoms with Crippen molar-refractivity contribution in [2.24, 2.45) is 0 Å². The Kier molecular flexibility index (Phi) is 3.68. The SMILES string of the molecule is Cc1ccccc1-c1ncc2c(n1)N(C)C(C)N2c1ccccc1C. The van der Waals surface area contributed by atoms with Gasteiger partial charge >= 0.3 is 0 Å². The van der Waals surface area contributed by atoms with Gasteiger partial charge in [-0.25, -0.2) is 9.97 Å². The van der Waals surface area contributed by atoms with Gasteiger partial charge in [0.15, 0.2) is 11.6 Å². The Labute approximate surface area is 148 Å². The van der Waals surface area contributed by atoms with Crippen LogP contribution in [0.15, 0.2) is 54.7 Å². The van der Waals surface area contributed by atoms with E-state index in [1.165, 1.54) is 16.8 Å². The molecule has 1 aromatic heterocycles. The first-order chi connectivity index (χ1) is 12.1. The number of aromatic nitrogens is 2.